The summed E-state index contributed by atoms with van der Waals surface area (Å²) in [5.41, 5.74) is 0. The normalized spacial score (nSPS) is 23.1. The van der Waals surface area contributed by atoms with Crippen LogP contribution in [0.15, 0.2) is 6.07 Å². The maximum absolute atomic E-state index is 5.13. The molecule has 1 fully saturated rings. The molecule has 5 nitrogen and oxygen atoms in total. The lowest BCUT2D eigenvalue weighted by atomic mass is 9.97. The Hall–Kier alpha value is -1.36. The van der Waals surface area contributed by atoms with E-state index in [0.29, 0.717) is 24.4 Å². The summed E-state index contributed by atoms with van der Waals surface area (Å²) in [5.74, 6) is 3.13. The van der Waals surface area contributed by atoms with Crippen molar-refractivity contribution in [3.8, 4) is 0 Å². The quantitative estimate of drug-likeness (QED) is 0.811. The molecule has 112 valence electrons. The van der Waals surface area contributed by atoms with Gasteiger partial charge in [0.1, 0.15) is 18.2 Å². The van der Waals surface area contributed by atoms with E-state index in [1.165, 1.54) is 32.1 Å². The van der Waals surface area contributed by atoms with Gasteiger partial charge in [-0.3, -0.25) is 0 Å². The Morgan fingerprint density at radius 1 is 1.20 bits per heavy atom. The van der Waals surface area contributed by atoms with Gasteiger partial charge in [0.2, 0.25) is 0 Å². The molecule has 2 atom stereocenters. The monoisotopic (exact) mass is 278 g/mol. The third-order valence-corrected chi connectivity index (χ3v) is 4.00. The predicted molar refractivity (Wildman–Crippen MR) is 82.0 cm³/mol. The van der Waals surface area contributed by atoms with Gasteiger partial charge in [-0.15, -0.1) is 0 Å². The minimum atomic E-state index is 0.435. The molecule has 1 heterocycles. The maximum Gasteiger partial charge on any atom is 0.158 e. The van der Waals surface area contributed by atoms with Crippen LogP contribution in [-0.2, 0) is 11.3 Å². The lowest BCUT2D eigenvalue weighted by molar-refractivity contribution is 0.178. The molecule has 0 amide bonds. The number of hydrogen-bond acceptors (Lipinski definition) is 5. The van der Waals surface area contributed by atoms with Crippen molar-refractivity contribution in [3.63, 3.8) is 0 Å². The van der Waals surface area contributed by atoms with Crippen LogP contribution in [0, 0.1) is 5.92 Å². The SMILES string of the molecule is CNc1cc(NC2CCCCCC2C)nc(COC)n1. The third-order valence-electron chi connectivity index (χ3n) is 4.00. The smallest absolute Gasteiger partial charge is 0.158 e. The van der Waals surface area contributed by atoms with Gasteiger partial charge in [0.15, 0.2) is 5.82 Å². The van der Waals surface area contributed by atoms with Crippen LogP contribution in [0.4, 0.5) is 11.6 Å². The number of hydrogen-bond donors (Lipinski definition) is 2. The van der Waals surface area contributed by atoms with Crippen molar-refractivity contribution in [2.45, 2.75) is 51.7 Å². The largest absolute Gasteiger partial charge is 0.377 e. The van der Waals surface area contributed by atoms with Gasteiger partial charge in [0.05, 0.1) is 0 Å². The van der Waals surface area contributed by atoms with E-state index in [4.69, 9.17) is 4.74 Å². The Balaban J connectivity index is 2.12. The van der Waals surface area contributed by atoms with Crippen molar-refractivity contribution in [1.29, 1.82) is 0 Å². The molecule has 1 aliphatic carbocycles. The molecule has 0 radical (unpaired) electrons. The molecule has 0 bridgehead atoms. The second kappa shape index (κ2) is 7.43. The van der Waals surface area contributed by atoms with Crippen LogP contribution in [0.5, 0.6) is 0 Å². The average molecular weight is 278 g/mol. The predicted octanol–water partition coefficient (Wildman–Crippen LogP) is 3.05. The van der Waals surface area contributed by atoms with Crippen LogP contribution >= 0.6 is 0 Å². The average Bonchev–Trinajstić information content (AvgIpc) is 2.64. The number of methoxy groups -OCH3 is 1. The van der Waals surface area contributed by atoms with Crippen molar-refractivity contribution >= 4 is 11.6 Å². The Bertz CT molecular complexity index is 424. The summed E-state index contributed by atoms with van der Waals surface area (Å²) >= 11 is 0. The van der Waals surface area contributed by atoms with E-state index in [-0.39, 0.29) is 0 Å². The summed E-state index contributed by atoms with van der Waals surface area (Å²) < 4.78 is 5.13. The summed E-state index contributed by atoms with van der Waals surface area (Å²) in [5, 5.41) is 6.68. The van der Waals surface area contributed by atoms with Crippen molar-refractivity contribution in [2.75, 3.05) is 24.8 Å². The Kier molecular flexibility index (Phi) is 5.59. The van der Waals surface area contributed by atoms with E-state index in [1.54, 1.807) is 7.11 Å². The standard InChI is InChI=1S/C15H26N4O/c1-11-7-5-4-6-8-12(11)17-14-9-13(16-2)18-15(19-14)10-20-3/h9,11-12H,4-8,10H2,1-3H3,(H2,16,17,18,19). The van der Waals surface area contributed by atoms with Gasteiger partial charge >= 0.3 is 0 Å². The number of rotatable bonds is 5. The molecule has 0 spiro atoms. The maximum atomic E-state index is 5.13. The second-order valence-electron chi connectivity index (χ2n) is 5.60. The summed E-state index contributed by atoms with van der Waals surface area (Å²) in [6, 6.07) is 2.48. The van der Waals surface area contributed by atoms with E-state index in [1.807, 2.05) is 13.1 Å². The molecule has 0 aliphatic heterocycles. The van der Waals surface area contributed by atoms with E-state index in [2.05, 4.69) is 27.5 Å². The highest BCUT2D eigenvalue weighted by atomic mass is 16.5. The van der Waals surface area contributed by atoms with Gasteiger partial charge < -0.3 is 15.4 Å². The minimum absolute atomic E-state index is 0.435. The van der Waals surface area contributed by atoms with Crippen LogP contribution in [-0.4, -0.2) is 30.2 Å². The first-order valence-corrected chi connectivity index (χ1v) is 7.54. The van der Waals surface area contributed by atoms with Gasteiger partial charge in [-0.25, -0.2) is 9.97 Å². The molecule has 1 aromatic rings. The molecule has 0 saturated heterocycles. The minimum Gasteiger partial charge on any atom is -0.377 e. The van der Waals surface area contributed by atoms with E-state index >= 15 is 0 Å². The van der Waals surface area contributed by atoms with Crippen LogP contribution in [0.3, 0.4) is 0 Å². The first-order chi connectivity index (χ1) is 9.72. The van der Waals surface area contributed by atoms with Gasteiger partial charge in [-0.2, -0.15) is 0 Å². The van der Waals surface area contributed by atoms with E-state index < -0.39 is 0 Å². The van der Waals surface area contributed by atoms with Crippen LogP contribution in [0.2, 0.25) is 0 Å². The second-order valence-corrected chi connectivity index (χ2v) is 5.60. The number of anilines is 2. The zero-order valence-electron chi connectivity index (χ0n) is 12.8. The third kappa shape index (κ3) is 4.07. The molecule has 2 rings (SSSR count). The molecular formula is C15H26N4O. The molecular weight excluding hydrogens is 252 g/mol. The summed E-state index contributed by atoms with van der Waals surface area (Å²) in [7, 11) is 3.53. The number of nitrogens with one attached hydrogen (secondary N) is 2. The Morgan fingerprint density at radius 2 is 1.95 bits per heavy atom. The number of ether oxygens (including phenoxy) is 1. The van der Waals surface area contributed by atoms with Crippen LogP contribution < -0.4 is 10.6 Å². The summed E-state index contributed by atoms with van der Waals surface area (Å²) in [4.78, 5) is 8.93. The number of aromatic nitrogens is 2. The zero-order valence-corrected chi connectivity index (χ0v) is 12.8. The highest BCUT2D eigenvalue weighted by molar-refractivity contribution is 5.47. The van der Waals surface area contributed by atoms with Crippen LogP contribution in [0.25, 0.3) is 0 Å². The summed E-state index contributed by atoms with van der Waals surface area (Å²) in [6.07, 6.45) is 6.52. The number of nitrogens with zero attached hydrogens (tertiary/aromatic N) is 2. The zero-order chi connectivity index (χ0) is 14.4. The molecule has 1 saturated carbocycles. The molecule has 1 aliphatic rings. The molecule has 1 aromatic heterocycles. The first-order valence-electron chi connectivity index (χ1n) is 7.54. The molecule has 2 N–H and O–H groups in total. The molecule has 0 aromatic carbocycles. The highest BCUT2D eigenvalue weighted by Gasteiger charge is 2.20. The van der Waals surface area contributed by atoms with Crippen LogP contribution in [0.1, 0.15) is 44.9 Å². The lowest BCUT2D eigenvalue weighted by Gasteiger charge is -2.23. The lowest BCUT2D eigenvalue weighted by Crippen LogP contribution is -2.27. The molecule has 5 heteroatoms. The van der Waals surface area contributed by atoms with Gasteiger partial charge in [0, 0.05) is 26.3 Å². The van der Waals surface area contributed by atoms with Crippen molar-refractivity contribution in [3.05, 3.63) is 11.9 Å². The Morgan fingerprint density at radius 3 is 2.70 bits per heavy atom. The molecule has 2 unspecified atom stereocenters. The van der Waals surface area contributed by atoms with Crippen molar-refractivity contribution in [2.24, 2.45) is 5.92 Å². The Labute approximate surface area is 121 Å². The van der Waals surface area contributed by atoms with E-state index in [9.17, 15) is 0 Å². The van der Waals surface area contributed by atoms with Crippen molar-refractivity contribution in [1.82, 2.24) is 9.97 Å². The van der Waals surface area contributed by atoms with Crippen molar-refractivity contribution < 1.29 is 4.74 Å². The topological polar surface area (TPSA) is 59.1 Å². The van der Waals surface area contributed by atoms with Gasteiger partial charge in [0.25, 0.3) is 0 Å². The first kappa shape index (κ1) is 15.0. The van der Waals surface area contributed by atoms with Gasteiger partial charge in [-0.1, -0.05) is 26.2 Å². The fraction of sp³-hybridized carbons (Fsp3) is 0.733. The van der Waals surface area contributed by atoms with Gasteiger partial charge in [-0.05, 0) is 18.8 Å². The van der Waals surface area contributed by atoms with E-state index in [0.717, 1.165) is 11.6 Å². The fourth-order valence-electron chi connectivity index (χ4n) is 2.79. The summed E-state index contributed by atoms with van der Waals surface area (Å²) in [6.45, 7) is 2.77. The fourth-order valence-corrected chi connectivity index (χ4v) is 2.79. The highest BCUT2D eigenvalue weighted by Crippen LogP contribution is 2.26. The molecule has 20 heavy (non-hydrogen) atoms.